The molecule has 0 radical (unpaired) electrons. The number of aliphatic hydroxyl groups is 1. The summed E-state index contributed by atoms with van der Waals surface area (Å²) in [6.07, 6.45) is 1.09. The highest BCUT2D eigenvalue weighted by atomic mass is 16.4. The van der Waals surface area contributed by atoms with Gasteiger partial charge in [-0.15, -0.1) is 0 Å². The number of aromatic nitrogens is 2. The number of benzene rings is 1. The number of para-hydroxylation sites is 1. The smallest absolute Gasteiger partial charge is 0.358 e. The maximum Gasteiger partial charge on any atom is 0.358 e. The Hall–Kier alpha value is -3.13. The first-order valence-electron chi connectivity index (χ1n) is 9.41. The van der Waals surface area contributed by atoms with Crippen molar-refractivity contribution in [3.63, 3.8) is 0 Å². The van der Waals surface area contributed by atoms with E-state index in [0.717, 1.165) is 16.5 Å². The van der Waals surface area contributed by atoms with Crippen molar-refractivity contribution < 1.29 is 24.2 Å². The number of aromatic carboxylic acids is 1. The van der Waals surface area contributed by atoms with Gasteiger partial charge >= 0.3 is 5.97 Å². The largest absolute Gasteiger partial charge is 0.476 e. The predicted molar refractivity (Wildman–Crippen MR) is 107 cm³/mol. The molecule has 2 heterocycles. The molecule has 3 N–H and O–H groups in total. The number of rotatable bonds is 7. The van der Waals surface area contributed by atoms with Crippen LogP contribution >= 0.6 is 0 Å². The van der Waals surface area contributed by atoms with Crippen molar-refractivity contribution in [2.24, 2.45) is 13.0 Å². The fourth-order valence-electron chi connectivity index (χ4n) is 3.33. The summed E-state index contributed by atoms with van der Waals surface area (Å²) in [6.45, 7) is 4.99. The number of aryl methyl sites for hydroxylation is 2. The maximum absolute atomic E-state index is 12.5. The number of oxazole rings is 1. The van der Waals surface area contributed by atoms with Crippen LogP contribution in [-0.4, -0.2) is 37.7 Å². The normalized spacial score (nSPS) is 13.6. The van der Waals surface area contributed by atoms with Gasteiger partial charge in [0.2, 0.25) is 11.8 Å². The molecule has 8 nitrogen and oxygen atoms in total. The standard InChI is InChI=1S/C21H25N3O5/c1-11(2)18(25)19(26)22-15(20-23-17(21(27)28)12(3)29-20)9-13-10-24(4)16-8-6-5-7-14(13)16/h5-8,10-11,15,18,25H,9H2,1-4H3,(H,22,26)(H,27,28)/t15-,18+/m1/s1. The Labute approximate surface area is 168 Å². The highest BCUT2D eigenvalue weighted by molar-refractivity contribution is 5.86. The van der Waals surface area contributed by atoms with Gasteiger partial charge in [-0.2, -0.15) is 0 Å². The molecule has 154 valence electrons. The molecule has 0 saturated heterocycles. The highest BCUT2D eigenvalue weighted by Crippen LogP contribution is 2.27. The number of amides is 1. The summed E-state index contributed by atoms with van der Waals surface area (Å²) in [5, 5.41) is 23.2. The lowest BCUT2D eigenvalue weighted by atomic mass is 10.0. The summed E-state index contributed by atoms with van der Waals surface area (Å²) in [6, 6.07) is 7.12. The molecule has 0 aliphatic rings. The van der Waals surface area contributed by atoms with Crippen LogP contribution in [0, 0.1) is 12.8 Å². The number of nitrogens with one attached hydrogen (secondary N) is 1. The fraction of sp³-hybridized carbons (Fsp3) is 0.381. The minimum absolute atomic E-state index is 0.0946. The molecule has 1 amide bonds. The van der Waals surface area contributed by atoms with Gasteiger partial charge in [0.1, 0.15) is 17.9 Å². The quantitative estimate of drug-likeness (QED) is 0.562. The number of hydrogen-bond donors (Lipinski definition) is 3. The highest BCUT2D eigenvalue weighted by Gasteiger charge is 2.28. The molecule has 0 fully saturated rings. The molecular formula is C21H25N3O5. The molecule has 0 saturated carbocycles. The summed E-state index contributed by atoms with van der Waals surface area (Å²) < 4.78 is 7.56. The van der Waals surface area contributed by atoms with Crippen LogP contribution in [0.4, 0.5) is 0 Å². The van der Waals surface area contributed by atoms with Crippen LogP contribution < -0.4 is 5.32 Å². The van der Waals surface area contributed by atoms with E-state index >= 15 is 0 Å². The molecule has 0 bridgehead atoms. The van der Waals surface area contributed by atoms with Gasteiger partial charge in [0, 0.05) is 30.6 Å². The van der Waals surface area contributed by atoms with E-state index in [9.17, 15) is 19.8 Å². The Morgan fingerprint density at radius 2 is 1.97 bits per heavy atom. The topological polar surface area (TPSA) is 118 Å². The molecule has 29 heavy (non-hydrogen) atoms. The lowest BCUT2D eigenvalue weighted by Gasteiger charge is -2.20. The van der Waals surface area contributed by atoms with Gasteiger partial charge in [0.15, 0.2) is 5.69 Å². The van der Waals surface area contributed by atoms with Crippen molar-refractivity contribution in [1.29, 1.82) is 0 Å². The summed E-state index contributed by atoms with van der Waals surface area (Å²) in [4.78, 5) is 27.9. The number of fused-ring (bicyclic) bond motifs is 1. The van der Waals surface area contributed by atoms with Crippen LogP contribution in [0.15, 0.2) is 34.9 Å². The molecule has 0 spiro atoms. The summed E-state index contributed by atoms with van der Waals surface area (Å²) in [5.74, 6) is -1.77. The lowest BCUT2D eigenvalue weighted by molar-refractivity contribution is -0.132. The second-order valence-electron chi connectivity index (χ2n) is 7.50. The molecule has 3 rings (SSSR count). The minimum atomic E-state index is -1.20. The molecule has 0 aliphatic carbocycles. The number of aliphatic hydroxyl groups excluding tert-OH is 1. The molecule has 0 aliphatic heterocycles. The Morgan fingerprint density at radius 3 is 2.59 bits per heavy atom. The Morgan fingerprint density at radius 1 is 1.28 bits per heavy atom. The van der Waals surface area contributed by atoms with E-state index < -0.39 is 24.0 Å². The average molecular weight is 399 g/mol. The van der Waals surface area contributed by atoms with E-state index in [1.807, 2.05) is 42.1 Å². The van der Waals surface area contributed by atoms with Crippen molar-refractivity contribution in [1.82, 2.24) is 14.9 Å². The Kier molecular flexibility index (Phi) is 5.74. The number of carbonyl (C=O) groups excluding carboxylic acids is 1. The first kappa shape index (κ1) is 20.6. The zero-order valence-corrected chi connectivity index (χ0v) is 16.8. The molecule has 0 unspecified atom stereocenters. The van der Waals surface area contributed by atoms with Gasteiger partial charge in [0.25, 0.3) is 0 Å². The van der Waals surface area contributed by atoms with Crippen molar-refractivity contribution >= 4 is 22.8 Å². The van der Waals surface area contributed by atoms with Crippen molar-refractivity contribution in [3.05, 3.63) is 53.4 Å². The SMILES string of the molecule is Cc1oc([C@@H](Cc2cn(C)c3ccccc23)NC(=O)[C@@H](O)C(C)C)nc1C(=O)O. The van der Waals surface area contributed by atoms with Crippen molar-refractivity contribution in [3.8, 4) is 0 Å². The summed E-state index contributed by atoms with van der Waals surface area (Å²) in [5.41, 5.74) is 1.78. The van der Waals surface area contributed by atoms with E-state index in [2.05, 4.69) is 10.3 Å². The molecule has 2 aromatic heterocycles. The fourth-order valence-corrected chi connectivity index (χ4v) is 3.33. The van der Waals surface area contributed by atoms with Crippen LogP contribution in [0.2, 0.25) is 0 Å². The van der Waals surface area contributed by atoms with Gasteiger partial charge in [0.05, 0.1) is 0 Å². The van der Waals surface area contributed by atoms with Gasteiger partial charge in [-0.05, 0) is 24.5 Å². The second kappa shape index (κ2) is 8.08. The van der Waals surface area contributed by atoms with E-state index in [0.29, 0.717) is 6.42 Å². The molecular weight excluding hydrogens is 374 g/mol. The minimum Gasteiger partial charge on any atom is -0.476 e. The van der Waals surface area contributed by atoms with Gasteiger partial charge in [-0.25, -0.2) is 9.78 Å². The number of hydrogen-bond acceptors (Lipinski definition) is 5. The predicted octanol–water partition coefficient (Wildman–Crippen LogP) is 2.59. The van der Waals surface area contributed by atoms with Gasteiger partial charge < -0.3 is 24.5 Å². The van der Waals surface area contributed by atoms with E-state index in [4.69, 9.17) is 4.42 Å². The second-order valence-corrected chi connectivity index (χ2v) is 7.50. The van der Waals surface area contributed by atoms with E-state index in [1.54, 1.807) is 13.8 Å². The zero-order chi connectivity index (χ0) is 21.3. The molecule has 1 aromatic carbocycles. The summed E-state index contributed by atoms with van der Waals surface area (Å²) >= 11 is 0. The van der Waals surface area contributed by atoms with Crippen LogP contribution in [0.5, 0.6) is 0 Å². The van der Waals surface area contributed by atoms with Crippen LogP contribution in [-0.2, 0) is 18.3 Å². The van der Waals surface area contributed by atoms with Crippen LogP contribution in [0.3, 0.4) is 0 Å². The lowest BCUT2D eigenvalue weighted by Crippen LogP contribution is -2.40. The third-order valence-electron chi connectivity index (χ3n) is 4.93. The van der Waals surface area contributed by atoms with E-state index in [-0.39, 0.29) is 23.3 Å². The zero-order valence-electron chi connectivity index (χ0n) is 16.8. The Balaban J connectivity index is 1.99. The number of carboxylic acid groups (broad SMARTS) is 1. The molecule has 3 aromatic rings. The van der Waals surface area contributed by atoms with Gasteiger partial charge in [-0.3, -0.25) is 4.79 Å². The first-order chi connectivity index (χ1) is 13.7. The van der Waals surface area contributed by atoms with Crippen molar-refractivity contribution in [2.75, 3.05) is 0 Å². The van der Waals surface area contributed by atoms with Crippen molar-refractivity contribution in [2.45, 2.75) is 39.3 Å². The average Bonchev–Trinajstić information content (AvgIpc) is 3.21. The van der Waals surface area contributed by atoms with E-state index in [1.165, 1.54) is 6.92 Å². The number of nitrogens with zero attached hydrogens (tertiary/aromatic N) is 2. The van der Waals surface area contributed by atoms with Gasteiger partial charge in [-0.1, -0.05) is 32.0 Å². The first-order valence-corrected chi connectivity index (χ1v) is 9.41. The maximum atomic E-state index is 12.5. The number of carboxylic acids is 1. The third kappa shape index (κ3) is 4.17. The molecule has 8 heteroatoms. The third-order valence-corrected chi connectivity index (χ3v) is 4.93. The van der Waals surface area contributed by atoms with Crippen LogP contribution in [0.1, 0.15) is 47.6 Å². The van der Waals surface area contributed by atoms with Crippen LogP contribution in [0.25, 0.3) is 10.9 Å². The molecule has 2 atom stereocenters. The number of carbonyl (C=O) groups is 2. The monoisotopic (exact) mass is 399 g/mol. The Bertz CT molecular complexity index is 1050. The summed E-state index contributed by atoms with van der Waals surface area (Å²) in [7, 11) is 1.93.